The standard InChI is InChI=1S/C6H18N2P.2C2H6/c1-7(2)9(5,6)8(3)4;2*1-2/h1-6H3;2*1-2H3/q+1;;. The van der Waals surface area contributed by atoms with E-state index in [-0.39, 0.29) is 0 Å². The largest absolute Gasteiger partial charge is 0.170 e. The molecule has 84 valence electrons. The van der Waals surface area contributed by atoms with Gasteiger partial charge in [0.2, 0.25) is 0 Å². The van der Waals surface area contributed by atoms with Crippen molar-refractivity contribution in [1.29, 1.82) is 0 Å². The Labute approximate surface area is 86.8 Å². The third-order valence-electron chi connectivity index (χ3n) is 1.96. The van der Waals surface area contributed by atoms with Crippen LogP contribution in [0, 0.1) is 0 Å². The van der Waals surface area contributed by atoms with Crippen LogP contribution in [0.2, 0.25) is 0 Å². The molecule has 3 heteroatoms. The lowest BCUT2D eigenvalue weighted by atomic mass is 11.0. The molecule has 0 spiro atoms. The van der Waals surface area contributed by atoms with Gasteiger partial charge in [-0.15, -0.1) is 0 Å². The number of rotatable bonds is 2. The molecule has 0 heterocycles. The molecule has 0 aromatic heterocycles. The normalized spacial score (nSPS) is 10.2. The zero-order valence-corrected chi connectivity index (χ0v) is 12.2. The summed E-state index contributed by atoms with van der Waals surface area (Å²) in [4.78, 5) is 0. The van der Waals surface area contributed by atoms with Gasteiger partial charge in [0.25, 0.3) is 0 Å². The van der Waals surface area contributed by atoms with Crippen molar-refractivity contribution in [1.82, 2.24) is 9.34 Å². The Hall–Kier alpha value is 0.350. The van der Waals surface area contributed by atoms with E-state index < -0.39 is 7.56 Å². The maximum absolute atomic E-state index is 2.30. The first kappa shape index (κ1) is 19.0. The molecule has 0 saturated carbocycles. The van der Waals surface area contributed by atoms with Crippen LogP contribution in [0.25, 0.3) is 0 Å². The Morgan fingerprint density at radius 1 is 0.615 bits per heavy atom. The number of hydrogen-bond donors (Lipinski definition) is 0. The Kier molecular flexibility index (Phi) is 15.3. The van der Waals surface area contributed by atoms with Gasteiger partial charge in [0.15, 0.2) is 0 Å². The molecule has 0 atom stereocenters. The maximum Gasteiger partial charge on any atom is 0.145 e. The fraction of sp³-hybridized carbons (Fsp3) is 1.00. The first-order chi connectivity index (χ1) is 5.89. The quantitative estimate of drug-likeness (QED) is 0.644. The van der Waals surface area contributed by atoms with Crippen LogP contribution in [0.1, 0.15) is 27.7 Å². The van der Waals surface area contributed by atoms with Crippen molar-refractivity contribution >= 4 is 7.56 Å². The Bertz CT molecular complexity index is 80.9. The summed E-state index contributed by atoms with van der Waals surface area (Å²) in [6.45, 7) is 12.6. The van der Waals surface area contributed by atoms with E-state index in [1.54, 1.807) is 0 Å². The molecule has 0 fully saturated rings. The van der Waals surface area contributed by atoms with Crippen molar-refractivity contribution in [2.24, 2.45) is 0 Å². The monoisotopic (exact) mass is 209 g/mol. The first-order valence-electron chi connectivity index (χ1n) is 5.08. The summed E-state index contributed by atoms with van der Waals surface area (Å²) in [6, 6.07) is 0. The predicted octanol–water partition coefficient (Wildman–Crippen LogP) is 3.27. The third-order valence-corrected chi connectivity index (χ3v) is 5.87. The zero-order valence-electron chi connectivity index (χ0n) is 11.3. The molecule has 0 aromatic carbocycles. The van der Waals surface area contributed by atoms with E-state index in [0.29, 0.717) is 0 Å². The Balaban J connectivity index is -0.000000218. The van der Waals surface area contributed by atoms with Gasteiger partial charge < -0.3 is 0 Å². The first-order valence-corrected chi connectivity index (χ1v) is 7.67. The Morgan fingerprint density at radius 2 is 0.769 bits per heavy atom. The second-order valence-electron chi connectivity index (χ2n) is 3.03. The molecule has 0 aliphatic carbocycles. The van der Waals surface area contributed by atoms with Gasteiger partial charge in [-0.25, -0.2) is 0 Å². The highest BCUT2D eigenvalue weighted by atomic mass is 31.2. The van der Waals surface area contributed by atoms with Crippen LogP contribution in [0.5, 0.6) is 0 Å². The minimum atomic E-state index is -0.920. The van der Waals surface area contributed by atoms with Gasteiger partial charge in [0, 0.05) is 28.2 Å². The molecule has 0 unspecified atom stereocenters. The highest BCUT2D eigenvalue weighted by Gasteiger charge is 2.31. The number of nitrogens with zero attached hydrogens (tertiary/aromatic N) is 2. The van der Waals surface area contributed by atoms with E-state index >= 15 is 0 Å². The summed E-state index contributed by atoms with van der Waals surface area (Å²) in [6.07, 6.45) is 0. The molecule has 0 aromatic rings. The zero-order chi connectivity index (χ0) is 11.7. The second kappa shape index (κ2) is 10.4. The molecule has 0 N–H and O–H groups in total. The maximum atomic E-state index is 2.30. The molecule has 0 radical (unpaired) electrons. The fourth-order valence-corrected chi connectivity index (χ4v) is 1.07. The summed E-state index contributed by atoms with van der Waals surface area (Å²) in [5.41, 5.74) is 0. The molecule has 13 heavy (non-hydrogen) atoms. The van der Waals surface area contributed by atoms with E-state index in [4.69, 9.17) is 0 Å². The molecule has 2 nitrogen and oxygen atoms in total. The van der Waals surface area contributed by atoms with Gasteiger partial charge in [-0.1, -0.05) is 27.7 Å². The Morgan fingerprint density at radius 3 is 0.769 bits per heavy atom. The van der Waals surface area contributed by atoms with E-state index in [0.717, 1.165) is 0 Å². The van der Waals surface area contributed by atoms with Gasteiger partial charge in [-0.05, 0) is 0 Å². The van der Waals surface area contributed by atoms with Gasteiger partial charge >= 0.3 is 0 Å². The minimum absolute atomic E-state index is 0.920. The number of hydrogen-bond acceptors (Lipinski definition) is 2. The summed E-state index contributed by atoms with van der Waals surface area (Å²) >= 11 is 0. The van der Waals surface area contributed by atoms with Crippen molar-refractivity contribution in [3.63, 3.8) is 0 Å². The lowest BCUT2D eigenvalue weighted by molar-refractivity contribution is 0.561. The molecular weight excluding hydrogens is 179 g/mol. The molecular formula is C10H30N2P+. The van der Waals surface area contributed by atoms with Crippen LogP contribution in [0.3, 0.4) is 0 Å². The van der Waals surface area contributed by atoms with Crippen LogP contribution in [0.15, 0.2) is 0 Å². The smallest absolute Gasteiger partial charge is 0.145 e. The van der Waals surface area contributed by atoms with Crippen molar-refractivity contribution in [3.05, 3.63) is 0 Å². The van der Waals surface area contributed by atoms with Gasteiger partial charge in [0.1, 0.15) is 7.56 Å². The average Bonchev–Trinajstić information content (AvgIpc) is 2.11. The van der Waals surface area contributed by atoms with E-state index in [9.17, 15) is 0 Å². The van der Waals surface area contributed by atoms with Gasteiger partial charge in [-0.2, -0.15) is 9.34 Å². The highest BCUT2D eigenvalue weighted by molar-refractivity contribution is 7.69. The van der Waals surface area contributed by atoms with Crippen LogP contribution >= 0.6 is 7.56 Å². The summed E-state index contributed by atoms with van der Waals surface area (Å²) < 4.78 is 4.60. The molecule has 0 aliphatic rings. The minimum Gasteiger partial charge on any atom is -0.170 e. The second-order valence-corrected chi connectivity index (χ2v) is 7.30. The van der Waals surface area contributed by atoms with E-state index in [2.05, 4.69) is 50.9 Å². The average molecular weight is 209 g/mol. The van der Waals surface area contributed by atoms with E-state index in [1.807, 2.05) is 27.7 Å². The van der Waals surface area contributed by atoms with Crippen molar-refractivity contribution in [2.45, 2.75) is 27.7 Å². The van der Waals surface area contributed by atoms with E-state index in [1.165, 1.54) is 0 Å². The van der Waals surface area contributed by atoms with Crippen molar-refractivity contribution in [3.8, 4) is 0 Å². The molecule has 0 rings (SSSR count). The summed E-state index contributed by atoms with van der Waals surface area (Å²) in [5.74, 6) is 0. The lowest BCUT2D eigenvalue weighted by Gasteiger charge is -2.29. The van der Waals surface area contributed by atoms with Crippen LogP contribution in [-0.2, 0) is 0 Å². The van der Waals surface area contributed by atoms with Crippen molar-refractivity contribution in [2.75, 3.05) is 41.5 Å². The topological polar surface area (TPSA) is 6.48 Å². The fourth-order valence-electron chi connectivity index (χ4n) is 0.358. The molecule has 0 bridgehead atoms. The molecule has 0 aliphatic heterocycles. The highest BCUT2D eigenvalue weighted by Crippen LogP contribution is 2.54. The lowest BCUT2D eigenvalue weighted by Crippen LogP contribution is -2.24. The van der Waals surface area contributed by atoms with Gasteiger partial charge in [-0.3, -0.25) is 0 Å². The molecule has 0 amide bonds. The molecule has 0 saturated heterocycles. The van der Waals surface area contributed by atoms with Crippen LogP contribution in [0.4, 0.5) is 0 Å². The predicted molar refractivity (Wildman–Crippen MR) is 68.8 cm³/mol. The third kappa shape index (κ3) is 8.67. The van der Waals surface area contributed by atoms with Gasteiger partial charge in [0.05, 0.1) is 13.3 Å². The summed E-state index contributed by atoms with van der Waals surface area (Å²) in [7, 11) is 7.61. The van der Waals surface area contributed by atoms with Crippen LogP contribution in [-0.4, -0.2) is 50.9 Å². The SMILES string of the molecule is CC.CC.CN(C)[P+](C)(C)N(C)C. The summed E-state index contributed by atoms with van der Waals surface area (Å²) in [5, 5.41) is 0. The van der Waals surface area contributed by atoms with Crippen molar-refractivity contribution < 1.29 is 0 Å². The van der Waals surface area contributed by atoms with Crippen LogP contribution < -0.4 is 0 Å².